The van der Waals surface area contributed by atoms with Gasteiger partial charge in [-0.1, -0.05) is 22.9 Å². The predicted molar refractivity (Wildman–Crippen MR) is 57.9 cm³/mol. The fraction of sp³-hybridized carbons (Fsp3) is 0.250. The number of anilines is 1. The quantitative estimate of drug-likeness (QED) is 0.844. The first-order valence-electron chi connectivity index (χ1n) is 4.17. The normalized spacial score (nSPS) is 10.4. The second kappa shape index (κ2) is 4.43. The van der Waals surface area contributed by atoms with Crippen molar-refractivity contribution in [2.45, 2.75) is 6.42 Å². The topological polar surface area (TPSA) is 53.6 Å². The minimum absolute atomic E-state index is 0.704. The van der Waals surface area contributed by atoms with Gasteiger partial charge >= 0.3 is 0 Å². The second-order valence-electron chi connectivity index (χ2n) is 2.75. The van der Waals surface area contributed by atoms with Gasteiger partial charge in [-0.3, -0.25) is 5.10 Å². The Kier molecular flexibility index (Phi) is 3.00. The highest BCUT2D eigenvalue weighted by Gasteiger charge is 1.98. The van der Waals surface area contributed by atoms with Gasteiger partial charge in [0, 0.05) is 12.7 Å². The molecule has 2 heterocycles. The Morgan fingerprint density at radius 2 is 2.43 bits per heavy atom. The van der Waals surface area contributed by atoms with Crippen LogP contribution in [0.5, 0.6) is 0 Å². The molecule has 74 valence electrons. The van der Waals surface area contributed by atoms with E-state index in [1.165, 1.54) is 16.9 Å². The van der Waals surface area contributed by atoms with Crippen molar-refractivity contribution in [3.63, 3.8) is 0 Å². The first-order valence-corrected chi connectivity index (χ1v) is 5.37. The highest BCUT2D eigenvalue weighted by Crippen LogP contribution is 2.22. The molecule has 0 spiro atoms. The average Bonchev–Trinajstić information content (AvgIpc) is 2.77. The maximum atomic E-state index is 5.74. The van der Waals surface area contributed by atoms with Crippen LogP contribution >= 0.6 is 22.9 Å². The molecule has 0 aromatic carbocycles. The van der Waals surface area contributed by atoms with Gasteiger partial charge in [0.2, 0.25) is 0 Å². The Bertz CT molecular complexity index is 384. The monoisotopic (exact) mass is 228 g/mol. The summed E-state index contributed by atoms with van der Waals surface area (Å²) in [6.07, 6.45) is 6.27. The van der Waals surface area contributed by atoms with Crippen LogP contribution in [-0.2, 0) is 6.42 Å². The molecule has 0 aliphatic carbocycles. The summed E-state index contributed by atoms with van der Waals surface area (Å²) in [7, 11) is 0. The van der Waals surface area contributed by atoms with E-state index in [1.54, 1.807) is 6.20 Å². The number of aromatic nitrogens is 3. The molecule has 6 heteroatoms. The first-order chi connectivity index (χ1) is 6.84. The van der Waals surface area contributed by atoms with E-state index in [0.717, 1.165) is 18.1 Å². The van der Waals surface area contributed by atoms with E-state index in [-0.39, 0.29) is 0 Å². The van der Waals surface area contributed by atoms with Crippen molar-refractivity contribution in [2.75, 3.05) is 11.9 Å². The van der Waals surface area contributed by atoms with Gasteiger partial charge in [-0.25, -0.2) is 4.98 Å². The molecule has 0 aliphatic heterocycles. The van der Waals surface area contributed by atoms with Gasteiger partial charge in [0.15, 0.2) is 5.13 Å². The van der Waals surface area contributed by atoms with Gasteiger partial charge in [-0.15, -0.1) is 0 Å². The summed E-state index contributed by atoms with van der Waals surface area (Å²) in [4.78, 5) is 4.09. The molecule has 0 amide bonds. The molecule has 0 radical (unpaired) electrons. The van der Waals surface area contributed by atoms with E-state index in [9.17, 15) is 0 Å². The number of nitrogens with zero attached hydrogens (tertiary/aromatic N) is 2. The lowest BCUT2D eigenvalue weighted by atomic mass is 10.3. The molecule has 0 unspecified atom stereocenters. The van der Waals surface area contributed by atoms with Crippen molar-refractivity contribution in [3.05, 3.63) is 28.5 Å². The fourth-order valence-electron chi connectivity index (χ4n) is 1.06. The molecule has 2 N–H and O–H groups in total. The zero-order valence-corrected chi connectivity index (χ0v) is 8.90. The molecule has 4 nitrogen and oxygen atoms in total. The molecular formula is C8H9ClN4S. The van der Waals surface area contributed by atoms with Crippen LogP contribution in [0.25, 0.3) is 0 Å². The zero-order valence-electron chi connectivity index (χ0n) is 7.33. The summed E-state index contributed by atoms with van der Waals surface area (Å²) < 4.78 is 0.704. The maximum Gasteiger partial charge on any atom is 0.184 e. The van der Waals surface area contributed by atoms with Gasteiger partial charge in [0.1, 0.15) is 4.34 Å². The van der Waals surface area contributed by atoms with Crippen LogP contribution in [0.15, 0.2) is 18.6 Å². The minimum Gasteiger partial charge on any atom is -0.361 e. The highest BCUT2D eigenvalue weighted by molar-refractivity contribution is 7.19. The molecule has 0 aliphatic rings. The van der Waals surface area contributed by atoms with Crippen molar-refractivity contribution in [2.24, 2.45) is 0 Å². The molecule has 0 saturated heterocycles. The van der Waals surface area contributed by atoms with Gasteiger partial charge in [-0.05, 0) is 12.0 Å². The van der Waals surface area contributed by atoms with Gasteiger partial charge in [0.25, 0.3) is 0 Å². The molecule has 2 rings (SSSR count). The van der Waals surface area contributed by atoms with Crippen LogP contribution in [0, 0.1) is 0 Å². The largest absolute Gasteiger partial charge is 0.361 e. The third-order valence-electron chi connectivity index (χ3n) is 1.72. The third kappa shape index (κ3) is 2.46. The van der Waals surface area contributed by atoms with Crippen LogP contribution in [0.3, 0.4) is 0 Å². The van der Waals surface area contributed by atoms with Crippen LogP contribution in [0.4, 0.5) is 5.13 Å². The summed E-state index contributed by atoms with van der Waals surface area (Å²) in [5.74, 6) is 0. The second-order valence-corrected chi connectivity index (χ2v) is 4.41. The predicted octanol–water partition coefficient (Wildman–Crippen LogP) is 2.17. The number of halogens is 1. The zero-order chi connectivity index (χ0) is 9.80. The number of thiazole rings is 1. The average molecular weight is 229 g/mol. The summed E-state index contributed by atoms with van der Waals surface area (Å²) in [6.45, 7) is 0.837. The van der Waals surface area contributed by atoms with Crippen molar-refractivity contribution < 1.29 is 0 Å². The summed E-state index contributed by atoms with van der Waals surface area (Å²) in [5, 5.41) is 10.7. The van der Waals surface area contributed by atoms with Gasteiger partial charge in [-0.2, -0.15) is 5.10 Å². The highest BCUT2D eigenvalue weighted by atomic mass is 35.5. The van der Waals surface area contributed by atoms with Crippen LogP contribution < -0.4 is 5.32 Å². The fourth-order valence-corrected chi connectivity index (χ4v) is 1.90. The summed E-state index contributed by atoms with van der Waals surface area (Å²) >= 11 is 7.18. The molecule has 14 heavy (non-hydrogen) atoms. The van der Waals surface area contributed by atoms with E-state index >= 15 is 0 Å². The lowest BCUT2D eigenvalue weighted by molar-refractivity contribution is 1.02. The Labute approximate surface area is 90.3 Å². The standard InChI is InChI=1S/C8H9ClN4S/c9-7-5-11-8(14-7)10-2-1-6-3-12-13-4-6/h3-5H,1-2H2,(H,10,11)(H,12,13). The number of hydrogen-bond donors (Lipinski definition) is 2. The number of rotatable bonds is 4. The third-order valence-corrected chi connectivity index (χ3v) is 2.79. The van der Waals surface area contributed by atoms with Crippen molar-refractivity contribution in [3.8, 4) is 0 Å². The molecule has 0 saturated carbocycles. The van der Waals surface area contributed by atoms with Crippen molar-refractivity contribution >= 4 is 28.1 Å². The SMILES string of the molecule is Clc1cnc(NCCc2cn[nH]c2)s1. The summed E-state index contributed by atoms with van der Waals surface area (Å²) in [6, 6.07) is 0. The smallest absolute Gasteiger partial charge is 0.184 e. The number of H-pyrrole nitrogens is 1. The molecule has 0 fully saturated rings. The van der Waals surface area contributed by atoms with Crippen molar-refractivity contribution in [1.29, 1.82) is 0 Å². The Morgan fingerprint density at radius 3 is 3.07 bits per heavy atom. The Balaban J connectivity index is 1.78. The number of hydrogen-bond acceptors (Lipinski definition) is 4. The van der Waals surface area contributed by atoms with Crippen LogP contribution in [0.1, 0.15) is 5.56 Å². The molecule has 2 aromatic heterocycles. The number of aromatic amines is 1. The minimum atomic E-state index is 0.704. The molecular weight excluding hydrogens is 220 g/mol. The first kappa shape index (κ1) is 9.48. The lowest BCUT2D eigenvalue weighted by Gasteiger charge is -1.99. The lowest BCUT2D eigenvalue weighted by Crippen LogP contribution is -2.03. The summed E-state index contributed by atoms with van der Waals surface area (Å²) in [5.41, 5.74) is 1.18. The molecule has 0 atom stereocenters. The van der Waals surface area contributed by atoms with Gasteiger partial charge in [0.05, 0.1) is 12.4 Å². The number of nitrogens with one attached hydrogen (secondary N) is 2. The van der Waals surface area contributed by atoms with Crippen LogP contribution in [0.2, 0.25) is 4.34 Å². The van der Waals surface area contributed by atoms with E-state index in [2.05, 4.69) is 20.5 Å². The van der Waals surface area contributed by atoms with Gasteiger partial charge < -0.3 is 5.32 Å². The Hall–Kier alpha value is -1.07. The van der Waals surface area contributed by atoms with Crippen molar-refractivity contribution in [1.82, 2.24) is 15.2 Å². The maximum absolute atomic E-state index is 5.74. The molecule has 0 bridgehead atoms. The van der Waals surface area contributed by atoms with E-state index in [1.807, 2.05) is 12.4 Å². The molecule has 2 aromatic rings. The van der Waals surface area contributed by atoms with E-state index in [4.69, 9.17) is 11.6 Å². The Morgan fingerprint density at radius 1 is 1.50 bits per heavy atom. The van der Waals surface area contributed by atoms with E-state index < -0.39 is 0 Å². The van der Waals surface area contributed by atoms with E-state index in [0.29, 0.717) is 4.34 Å². The van der Waals surface area contributed by atoms with Crippen LogP contribution in [-0.4, -0.2) is 21.7 Å².